The summed E-state index contributed by atoms with van der Waals surface area (Å²) in [5.74, 6) is -0.327. The minimum absolute atomic E-state index is 0.327. The van der Waals surface area contributed by atoms with E-state index in [1.807, 2.05) is 7.05 Å². The van der Waals surface area contributed by atoms with E-state index in [2.05, 4.69) is 29.2 Å². The highest BCUT2D eigenvalue weighted by molar-refractivity contribution is 6.60. The molecule has 1 aromatic rings. The Kier molecular flexibility index (Phi) is 7.56. The number of hydrogen-bond donors (Lipinski definition) is 2. The maximum atomic E-state index is 11.7. The molecule has 0 fully saturated rings. The van der Waals surface area contributed by atoms with Crippen LogP contribution in [0.1, 0.15) is 39.9 Å². The Morgan fingerprint density at radius 3 is 2.73 bits per heavy atom. The molecular weight excluding hydrogens is 325 g/mol. The molecular formula is C15H23Cl2N3O2. The summed E-state index contributed by atoms with van der Waals surface area (Å²) in [5.41, 5.74) is 1.56. The number of fused-ring (bicyclic) bond motifs is 1. The molecule has 0 bridgehead atoms. The van der Waals surface area contributed by atoms with Crippen LogP contribution in [0.5, 0.6) is 0 Å². The van der Waals surface area contributed by atoms with Gasteiger partial charge in [0.2, 0.25) is 5.78 Å². The fourth-order valence-electron chi connectivity index (χ4n) is 2.04. The lowest BCUT2D eigenvalue weighted by Gasteiger charge is -2.22. The van der Waals surface area contributed by atoms with E-state index in [4.69, 9.17) is 23.2 Å². The maximum Gasteiger partial charge on any atom is 0.200 e. The molecule has 7 heteroatoms. The molecule has 0 aliphatic heterocycles. The number of likely N-dealkylation sites (N-methyl/N-ethyl adjacent to an activating group) is 2. The van der Waals surface area contributed by atoms with Gasteiger partial charge in [0.15, 0.2) is 10.6 Å². The second kappa shape index (κ2) is 8.67. The minimum atomic E-state index is -1.34. The molecule has 0 aromatic carbocycles. The molecule has 1 heterocycles. The number of halogens is 2. The van der Waals surface area contributed by atoms with Gasteiger partial charge in [-0.25, -0.2) is 0 Å². The van der Waals surface area contributed by atoms with Crippen molar-refractivity contribution in [1.82, 2.24) is 15.2 Å². The lowest BCUT2D eigenvalue weighted by molar-refractivity contribution is 0.0960. The monoisotopic (exact) mass is 347 g/mol. The van der Waals surface area contributed by atoms with Crippen molar-refractivity contribution in [1.29, 1.82) is 0 Å². The molecule has 124 valence electrons. The molecule has 0 atom stereocenters. The number of alkyl halides is 2. The molecule has 1 aliphatic carbocycles. The summed E-state index contributed by atoms with van der Waals surface area (Å²) in [6.07, 6.45) is 1.62. The van der Waals surface area contributed by atoms with Crippen LogP contribution in [0.4, 0.5) is 0 Å². The van der Waals surface area contributed by atoms with Crippen molar-refractivity contribution >= 4 is 35.3 Å². The van der Waals surface area contributed by atoms with Crippen molar-refractivity contribution in [3.05, 3.63) is 23.0 Å². The van der Waals surface area contributed by atoms with Crippen LogP contribution in [-0.4, -0.2) is 60.0 Å². The molecule has 22 heavy (non-hydrogen) atoms. The van der Waals surface area contributed by atoms with E-state index in [0.29, 0.717) is 30.4 Å². The molecule has 0 radical (unpaired) electrons. The van der Waals surface area contributed by atoms with Gasteiger partial charge in [0, 0.05) is 24.3 Å². The molecule has 1 aliphatic rings. The molecule has 1 aromatic heterocycles. The summed E-state index contributed by atoms with van der Waals surface area (Å²) in [4.78, 5) is 27.3. The highest BCUT2D eigenvalue weighted by Gasteiger charge is 2.40. The number of aromatic amines is 1. The number of H-pyrrole nitrogens is 1. The number of nitrogens with one attached hydrogen (secondary N) is 2. The van der Waals surface area contributed by atoms with Gasteiger partial charge >= 0.3 is 0 Å². The van der Waals surface area contributed by atoms with Crippen LogP contribution in [0.15, 0.2) is 6.07 Å². The Hall–Kier alpha value is -0.880. The highest BCUT2D eigenvalue weighted by Crippen LogP contribution is 2.36. The van der Waals surface area contributed by atoms with Gasteiger partial charge in [-0.1, -0.05) is 30.1 Å². The van der Waals surface area contributed by atoms with Gasteiger partial charge in [-0.3, -0.25) is 9.59 Å². The summed E-state index contributed by atoms with van der Waals surface area (Å²) >= 11 is 11.6. The van der Waals surface area contributed by atoms with Crippen LogP contribution < -0.4 is 5.32 Å². The fourth-order valence-corrected chi connectivity index (χ4v) is 2.43. The molecule has 0 saturated carbocycles. The van der Waals surface area contributed by atoms with E-state index in [0.717, 1.165) is 25.3 Å². The molecule has 0 saturated heterocycles. The van der Waals surface area contributed by atoms with Crippen molar-refractivity contribution < 1.29 is 9.59 Å². The summed E-state index contributed by atoms with van der Waals surface area (Å²) in [6.45, 7) is 5.54. The zero-order valence-electron chi connectivity index (χ0n) is 13.2. The number of ketones is 1. The normalized spacial score (nSPS) is 16.0. The molecule has 0 unspecified atom stereocenters. The molecule has 5 nitrogen and oxygen atoms in total. The van der Waals surface area contributed by atoms with Crippen molar-refractivity contribution in [2.75, 3.05) is 33.7 Å². The predicted molar refractivity (Wildman–Crippen MR) is 90.4 cm³/mol. The van der Waals surface area contributed by atoms with Crippen LogP contribution in [0, 0.1) is 0 Å². The predicted octanol–water partition coefficient (Wildman–Crippen LogP) is 2.29. The SMILES string of the molecule is CCN(C)CCNC.O=Cc1cc2c([nH]1)CCC(Cl)(Cl)C2=O. The number of carbonyl (C=O) groups is 2. The standard InChI is InChI=1S/C9H7Cl2NO2.C6H16N2/c10-9(11)2-1-7-6(8(9)14)3-5(4-13)12-7;1-4-8(3)6-5-7-2/h3-4,12H,1-2H2;7H,4-6H2,1-3H3. The number of Topliss-reactive ketones (excluding diaryl/α,β-unsaturated/α-hetero) is 1. The van der Waals surface area contributed by atoms with Crippen LogP contribution >= 0.6 is 23.2 Å². The average Bonchev–Trinajstić information content (AvgIpc) is 2.93. The average molecular weight is 348 g/mol. The van der Waals surface area contributed by atoms with E-state index >= 15 is 0 Å². The van der Waals surface area contributed by atoms with Crippen LogP contribution in [0.25, 0.3) is 0 Å². The third-order valence-electron chi connectivity index (χ3n) is 3.60. The van der Waals surface area contributed by atoms with Crippen molar-refractivity contribution in [2.45, 2.75) is 24.1 Å². The first kappa shape index (κ1) is 19.2. The van der Waals surface area contributed by atoms with Gasteiger partial charge in [-0.2, -0.15) is 0 Å². The lowest BCUT2D eigenvalue weighted by atomic mass is 9.96. The topological polar surface area (TPSA) is 65.2 Å². The van der Waals surface area contributed by atoms with Gasteiger partial charge in [-0.05, 0) is 39.5 Å². The molecule has 2 rings (SSSR count). The Balaban J connectivity index is 0.000000261. The summed E-state index contributed by atoms with van der Waals surface area (Å²) < 4.78 is -1.34. The van der Waals surface area contributed by atoms with E-state index in [-0.39, 0.29) is 5.78 Å². The first-order chi connectivity index (χ1) is 10.4. The van der Waals surface area contributed by atoms with E-state index in [1.54, 1.807) is 0 Å². The summed E-state index contributed by atoms with van der Waals surface area (Å²) in [6, 6.07) is 1.49. The van der Waals surface area contributed by atoms with Crippen LogP contribution in [0.2, 0.25) is 0 Å². The maximum absolute atomic E-state index is 11.7. The molecule has 0 spiro atoms. The second-order valence-corrected chi connectivity index (χ2v) is 6.75. The number of nitrogens with zero attached hydrogens (tertiary/aromatic N) is 1. The third kappa shape index (κ3) is 5.09. The first-order valence-corrected chi connectivity index (χ1v) is 8.04. The summed E-state index contributed by atoms with van der Waals surface area (Å²) in [7, 11) is 4.10. The van der Waals surface area contributed by atoms with E-state index in [9.17, 15) is 9.59 Å². The Bertz CT molecular complexity index is 515. The number of rotatable bonds is 5. The van der Waals surface area contributed by atoms with Gasteiger partial charge in [0.05, 0.1) is 5.69 Å². The smallest absolute Gasteiger partial charge is 0.200 e. The fraction of sp³-hybridized carbons (Fsp3) is 0.600. The molecule has 2 N–H and O–H groups in total. The number of hydrogen-bond acceptors (Lipinski definition) is 4. The largest absolute Gasteiger partial charge is 0.356 e. The van der Waals surface area contributed by atoms with E-state index in [1.165, 1.54) is 6.07 Å². The van der Waals surface area contributed by atoms with Crippen LogP contribution in [-0.2, 0) is 6.42 Å². The second-order valence-electron chi connectivity index (χ2n) is 5.27. The zero-order chi connectivity index (χ0) is 16.8. The summed E-state index contributed by atoms with van der Waals surface area (Å²) in [5, 5.41) is 3.09. The number of carbonyl (C=O) groups excluding carboxylic acids is 2. The van der Waals surface area contributed by atoms with Crippen molar-refractivity contribution in [2.24, 2.45) is 0 Å². The number of aryl methyl sites for hydroxylation is 1. The lowest BCUT2D eigenvalue weighted by Crippen LogP contribution is -2.31. The molecule has 0 amide bonds. The van der Waals surface area contributed by atoms with Gasteiger partial charge < -0.3 is 15.2 Å². The Labute approximate surface area is 141 Å². The minimum Gasteiger partial charge on any atom is -0.356 e. The Morgan fingerprint density at radius 2 is 2.18 bits per heavy atom. The highest BCUT2D eigenvalue weighted by atomic mass is 35.5. The van der Waals surface area contributed by atoms with Gasteiger partial charge in [0.1, 0.15) is 0 Å². The first-order valence-electron chi connectivity index (χ1n) is 7.28. The van der Waals surface area contributed by atoms with E-state index < -0.39 is 4.33 Å². The van der Waals surface area contributed by atoms with Crippen molar-refractivity contribution in [3.8, 4) is 0 Å². The number of aromatic nitrogens is 1. The van der Waals surface area contributed by atoms with Crippen LogP contribution in [0.3, 0.4) is 0 Å². The number of aldehydes is 1. The zero-order valence-corrected chi connectivity index (χ0v) is 14.7. The van der Waals surface area contributed by atoms with Crippen molar-refractivity contribution in [3.63, 3.8) is 0 Å². The third-order valence-corrected chi connectivity index (χ3v) is 4.32. The van der Waals surface area contributed by atoms with Gasteiger partial charge in [0.25, 0.3) is 0 Å². The van der Waals surface area contributed by atoms with Gasteiger partial charge in [-0.15, -0.1) is 0 Å². The quantitative estimate of drug-likeness (QED) is 0.633. The Morgan fingerprint density at radius 1 is 1.50 bits per heavy atom.